The van der Waals surface area contributed by atoms with E-state index in [1.54, 1.807) is 13.2 Å². The number of benzene rings is 1. The highest BCUT2D eigenvalue weighted by molar-refractivity contribution is 5.93. The molecule has 0 bridgehead atoms. The van der Waals surface area contributed by atoms with Crippen LogP contribution >= 0.6 is 0 Å². The molecule has 6 heteroatoms. The van der Waals surface area contributed by atoms with Crippen molar-refractivity contribution in [1.29, 1.82) is 0 Å². The molecular weight excluding hydrogens is 292 g/mol. The summed E-state index contributed by atoms with van der Waals surface area (Å²) >= 11 is 0. The van der Waals surface area contributed by atoms with Crippen molar-refractivity contribution in [2.45, 2.75) is 6.42 Å². The van der Waals surface area contributed by atoms with Gasteiger partial charge in [-0.1, -0.05) is 18.2 Å². The molecule has 2 N–H and O–H groups in total. The average Bonchev–Trinajstić information content (AvgIpc) is 2.61. The van der Waals surface area contributed by atoms with E-state index >= 15 is 0 Å². The van der Waals surface area contributed by atoms with E-state index in [0.717, 1.165) is 12.2 Å². The van der Waals surface area contributed by atoms with Gasteiger partial charge >= 0.3 is 0 Å². The number of nitrogens with zero attached hydrogens (tertiary/aromatic N) is 2. The van der Waals surface area contributed by atoms with Crippen molar-refractivity contribution in [2.24, 2.45) is 0 Å². The first-order valence-electron chi connectivity index (χ1n) is 7.31. The molecule has 120 valence electrons. The molecule has 0 radical (unpaired) electrons. The molecule has 0 aliphatic heterocycles. The Balaban J connectivity index is 1.81. The lowest BCUT2D eigenvalue weighted by atomic mass is 10.1. The summed E-state index contributed by atoms with van der Waals surface area (Å²) in [6.07, 6.45) is 5.46. The number of anilines is 1. The van der Waals surface area contributed by atoms with Gasteiger partial charge in [0.15, 0.2) is 0 Å². The minimum absolute atomic E-state index is 0.213. The minimum Gasteiger partial charge on any atom is -0.497 e. The molecular formula is C17H20N4O2. The average molecular weight is 312 g/mol. The number of hydrogen-bond acceptors (Lipinski definition) is 5. The van der Waals surface area contributed by atoms with E-state index in [1.165, 1.54) is 18.0 Å². The standard InChI is InChI=1S/C17H20N4O2/c1-3-9-18-16(22)14-11-20-17(21-12-14)19-10-8-13-4-6-15(23-2)7-5-13/h3-7,11-12H,1,8-10H2,2H3,(H,18,22)(H,19,20,21). The van der Waals surface area contributed by atoms with Crippen molar-refractivity contribution in [2.75, 3.05) is 25.5 Å². The van der Waals surface area contributed by atoms with Crippen molar-refractivity contribution in [1.82, 2.24) is 15.3 Å². The van der Waals surface area contributed by atoms with Crippen LogP contribution in [0.2, 0.25) is 0 Å². The molecule has 1 aromatic carbocycles. The first-order valence-corrected chi connectivity index (χ1v) is 7.31. The molecule has 1 heterocycles. The molecule has 0 aliphatic carbocycles. The van der Waals surface area contributed by atoms with Crippen LogP contribution in [0, 0.1) is 0 Å². The van der Waals surface area contributed by atoms with Crippen molar-refractivity contribution < 1.29 is 9.53 Å². The maximum atomic E-state index is 11.7. The van der Waals surface area contributed by atoms with Gasteiger partial charge in [-0.3, -0.25) is 4.79 Å². The highest BCUT2D eigenvalue weighted by Gasteiger charge is 2.05. The van der Waals surface area contributed by atoms with Crippen molar-refractivity contribution in [3.63, 3.8) is 0 Å². The van der Waals surface area contributed by atoms with Gasteiger partial charge in [-0.2, -0.15) is 0 Å². The SMILES string of the molecule is C=CCNC(=O)c1cnc(NCCc2ccc(OC)cc2)nc1. The fourth-order valence-corrected chi connectivity index (χ4v) is 1.91. The monoisotopic (exact) mass is 312 g/mol. The van der Waals surface area contributed by atoms with Gasteiger partial charge in [0.2, 0.25) is 5.95 Å². The van der Waals surface area contributed by atoms with Gasteiger partial charge in [0.05, 0.1) is 12.7 Å². The second-order valence-electron chi connectivity index (χ2n) is 4.82. The lowest BCUT2D eigenvalue weighted by molar-refractivity contribution is 0.0957. The number of amides is 1. The predicted octanol–water partition coefficient (Wildman–Crippen LogP) is 2.06. The minimum atomic E-state index is -0.213. The number of hydrogen-bond donors (Lipinski definition) is 2. The molecule has 0 fully saturated rings. The predicted molar refractivity (Wildman–Crippen MR) is 89.7 cm³/mol. The Morgan fingerprint density at radius 2 is 1.96 bits per heavy atom. The zero-order valence-corrected chi connectivity index (χ0v) is 13.1. The topological polar surface area (TPSA) is 76.1 Å². The molecule has 1 amide bonds. The van der Waals surface area contributed by atoms with Gasteiger partial charge in [0.1, 0.15) is 5.75 Å². The summed E-state index contributed by atoms with van der Waals surface area (Å²) < 4.78 is 5.12. The maximum Gasteiger partial charge on any atom is 0.254 e. The summed E-state index contributed by atoms with van der Waals surface area (Å²) in [5.41, 5.74) is 1.62. The lowest BCUT2D eigenvalue weighted by Gasteiger charge is -2.06. The smallest absolute Gasteiger partial charge is 0.254 e. The Kier molecular flexibility index (Phi) is 6.11. The highest BCUT2D eigenvalue weighted by atomic mass is 16.5. The number of carbonyl (C=O) groups excluding carboxylic acids is 1. The second-order valence-corrected chi connectivity index (χ2v) is 4.82. The summed E-state index contributed by atoms with van der Waals surface area (Å²) in [7, 11) is 1.65. The molecule has 0 aliphatic rings. The van der Waals surface area contributed by atoms with Gasteiger partial charge in [-0.25, -0.2) is 9.97 Å². The van der Waals surface area contributed by atoms with Gasteiger partial charge in [0.25, 0.3) is 5.91 Å². The van der Waals surface area contributed by atoms with Crippen molar-refractivity contribution >= 4 is 11.9 Å². The highest BCUT2D eigenvalue weighted by Crippen LogP contribution is 2.11. The molecule has 1 aromatic heterocycles. The number of nitrogens with one attached hydrogen (secondary N) is 2. The molecule has 23 heavy (non-hydrogen) atoms. The van der Waals surface area contributed by atoms with Crippen LogP contribution in [0.3, 0.4) is 0 Å². The summed E-state index contributed by atoms with van der Waals surface area (Å²) in [5.74, 6) is 1.13. The molecule has 0 spiro atoms. The van der Waals surface area contributed by atoms with Gasteiger partial charge in [-0.15, -0.1) is 6.58 Å². The van der Waals surface area contributed by atoms with E-state index in [2.05, 4.69) is 27.2 Å². The van der Waals surface area contributed by atoms with E-state index in [4.69, 9.17) is 4.74 Å². The van der Waals surface area contributed by atoms with E-state index in [-0.39, 0.29) is 5.91 Å². The first-order chi connectivity index (χ1) is 11.2. The fraction of sp³-hybridized carbons (Fsp3) is 0.235. The van der Waals surface area contributed by atoms with Crippen molar-refractivity contribution in [3.05, 3.63) is 60.4 Å². The van der Waals surface area contributed by atoms with E-state index in [0.29, 0.717) is 24.6 Å². The van der Waals surface area contributed by atoms with Crippen LogP contribution < -0.4 is 15.4 Å². The summed E-state index contributed by atoms with van der Waals surface area (Å²) in [5, 5.41) is 5.80. The fourth-order valence-electron chi connectivity index (χ4n) is 1.91. The van der Waals surface area contributed by atoms with Gasteiger partial charge < -0.3 is 15.4 Å². The normalized spacial score (nSPS) is 9.96. The summed E-state index contributed by atoms with van der Waals surface area (Å²) in [6, 6.07) is 7.91. The second kappa shape index (κ2) is 8.53. The Morgan fingerprint density at radius 1 is 1.26 bits per heavy atom. The van der Waals surface area contributed by atoms with Crippen LogP contribution in [0.1, 0.15) is 15.9 Å². The summed E-state index contributed by atoms with van der Waals surface area (Å²) in [6.45, 7) is 4.67. The Bertz CT molecular complexity index is 639. The third-order valence-corrected chi connectivity index (χ3v) is 3.18. The van der Waals surface area contributed by atoms with E-state index in [1.807, 2.05) is 24.3 Å². The van der Waals surface area contributed by atoms with E-state index in [9.17, 15) is 4.79 Å². The van der Waals surface area contributed by atoms with Gasteiger partial charge in [-0.05, 0) is 24.1 Å². The molecule has 6 nitrogen and oxygen atoms in total. The van der Waals surface area contributed by atoms with Crippen LogP contribution in [-0.2, 0) is 6.42 Å². The maximum absolute atomic E-state index is 11.7. The Morgan fingerprint density at radius 3 is 2.57 bits per heavy atom. The zero-order valence-electron chi connectivity index (χ0n) is 13.1. The number of carbonyl (C=O) groups is 1. The van der Waals surface area contributed by atoms with E-state index < -0.39 is 0 Å². The molecule has 0 saturated carbocycles. The number of methoxy groups -OCH3 is 1. The van der Waals surface area contributed by atoms with Crippen LogP contribution in [0.15, 0.2) is 49.3 Å². The quantitative estimate of drug-likeness (QED) is 0.730. The number of rotatable bonds is 8. The van der Waals surface area contributed by atoms with Gasteiger partial charge in [0, 0.05) is 25.5 Å². The molecule has 2 rings (SSSR count). The lowest BCUT2D eigenvalue weighted by Crippen LogP contribution is -2.23. The molecule has 2 aromatic rings. The first kappa shape index (κ1) is 16.5. The number of aromatic nitrogens is 2. The largest absolute Gasteiger partial charge is 0.497 e. The number of ether oxygens (including phenoxy) is 1. The zero-order chi connectivity index (χ0) is 16.5. The Labute approximate surface area is 135 Å². The van der Waals surface area contributed by atoms with Crippen molar-refractivity contribution in [3.8, 4) is 5.75 Å². The molecule has 0 saturated heterocycles. The van der Waals surface area contributed by atoms with Crippen LogP contribution in [0.25, 0.3) is 0 Å². The molecule has 0 unspecified atom stereocenters. The molecule has 0 atom stereocenters. The van der Waals surface area contributed by atoms with Crippen LogP contribution in [-0.4, -0.2) is 36.1 Å². The third-order valence-electron chi connectivity index (χ3n) is 3.18. The Hall–Kier alpha value is -2.89. The third kappa shape index (κ3) is 5.10. The van der Waals surface area contributed by atoms with Crippen LogP contribution in [0.5, 0.6) is 5.75 Å². The van der Waals surface area contributed by atoms with Crippen LogP contribution in [0.4, 0.5) is 5.95 Å². The summed E-state index contributed by atoms with van der Waals surface area (Å²) in [4.78, 5) is 20.0.